The van der Waals surface area contributed by atoms with Gasteiger partial charge in [-0.3, -0.25) is 4.79 Å². The number of aromatic carboxylic acids is 1. The number of carboxylic acid groups (broad SMARTS) is 1. The van der Waals surface area contributed by atoms with Crippen molar-refractivity contribution in [2.45, 2.75) is 12.8 Å². The largest absolute Gasteiger partial charge is 0.478 e. The van der Waals surface area contributed by atoms with E-state index in [4.69, 9.17) is 16.7 Å². The van der Waals surface area contributed by atoms with Crippen LogP contribution < -0.4 is 0 Å². The van der Waals surface area contributed by atoms with Gasteiger partial charge < -0.3 is 10.0 Å². The van der Waals surface area contributed by atoms with Crippen molar-refractivity contribution in [3.8, 4) is 0 Å². The van der Waals surface area contributed by atoms with Crippen LogP contribution in [0.4, 0.5) is 0 Å². The number of rotatable bonds is 4. The summed E-state index contributed by atoms with van der Waals surface area (Å²) < 4.78 is 0. The van der Waals surface area contributed by atoms with Crippen LogP contribution in [-0.2, 0) is 6.42 Å². The van der Waals surface area contributed by atoms with Crippen molar-refractivity contribution in [3.05, 3.63) is 70.2 Å². The Labute approximate surface area is 145 Å². The van der Waals surface area contributed by atoms with Crippen LogP contribution in [0.25, 0.3) is 0 Å². The van der Waals surface area contributed by atoms with Crippen LogP contribution in [0.2, 0.25) is 5.02 Å². The summed E-state index contributed by atoms with van der Waals surface area (Å²) >= 11 is 6.11. The van der Waals surface area contributed by atoms with Crippen LogP contribution in [0, 0.1) is 5.92 Å². The van der Waals surface area contributed by atoms with Crippen LogP contribution in [0.5, 0.6) is 0 Å². The van der Waals surface area contributed by atoms with Crippen molar-refractivity contribution in [3.63, 3.8) is 0 Å². The maximum Gasteiger partial charge on any atom is 0.335 e. The molecule has 1 N–H and O–H groups in total. The minimum atomic E-state index is -0.918. The van der Waals surface area contributed by atoms with Crippen LogP contribution in [0.15, 0.2) is 48.5 Å². The molecule has 1 aliphatic rings. The number of hydrogen-bond acceptors (Lipinski definition) is 2. The van der Waals surface area contributed by atoms with E-state index < -0.39 is 5.97 Å². The van der Waals surface area contributed by atoms with E-state index in [2.05, 4.69) is 0 Å². The minimum absolute atomic E-state index is 0.0238. The predicted molar refractivity (Wildman–Crippen MR) is 92.6 cm³/mol. The zero-order valence-corrected chi connectivity index (χ0v) is 13.9. The quantitative estimate of drug-likeness (QED) is 0.920. The van der Waals surface area contributed by atoms with E-state index in [0.717, 1.165) is 24.9 Å². The molecular weight excluding hydrogens is 326 g/mol. The number of benzene rings is 2. The van der Waals surface area contributed by atoms with Gasteiger partial charge in [-0.15, -0.1) is 0 Å². The molecule has 0 spiro atoms. The average Bonchev–Trinajstić information content (AvgIpc) is 3.04. The molecule has 0 bridgehead atoms. The van der Waals surface area contributed by atoms with E-state index in [1.54, 1.807) is 24.3 Å². The topological polar surface area (TPSA) is 57.6 Å². The first kappa shape index (κ1) is 16.5. The second kappa shape index (κ2) is 7.05. The van der Waals surface area contributed by atoms with Gasteiger partial charge >= 0.3 is 5.97 Å². The summed E-state index contributed by atoms with van der Waals surface area (Å²) in [5.74, 6) is -0.560. The number of nitrogens with zero attached hydrogens (tertiary/aromatic N) is 1. The Morgan fingerprint density at radius 2 is 1.83 bits per heavy atom. The molecule has 124 valence electrons. The van der Waals surface area contributed by atoms with Crippen molar-refractivity contribution in [2.75, 3.05) is 13.1 Å². The zero-order valence-electron chi connectivity index (χ0n) is 13.1. The second-order valence-electron chi connectivity index (χ2n) is 6.09. The first-order chi connectivity index (χ1) is 11.5. The Morgan fingerprint density at radius 1 is 1.12 bits per heavy atom. The molecule has 0 aliphatic carbocycles. The lowest BCUT2D eigenvalue weighted by Crippen LogP contribution is -2.29. The van der Waals surface area contributed by atoms with Gasteiger partial charge in [0.25, 0.3) is 5.91 Å². The van der Waals surface area contributed by atoms with Gasteiger partial charge in [-0.25, -0.2) is 4.79 Å². The number of likely N-dealkylation sites (tertiary alicyclic amines) is 1. The molecule has 24 heavy (non-hydrogen) atoms. The minimum Gasteiger partial charge on any atom is -0.478 e. The summed E-state index contributed by atoms with van der Waals surface area (Å²) in [6.07, 6.45) is 1.78. The average molecular weight is 344 g/mol. The fourth-order valence-corrected chi connectivity index (χ4v) is 3.32. The van der Waals surface area contributed by atoms with Crippen molar-refractivity contribution in [2.24, 2.45) is 5.92 Å². The molecule has 1 fully saturated rings. The first-order valence-corrected chi connectivity index (χ1v) is 8.28. The molecule has 5 heteroatoms. The molecule has 1 amide bonds. The van der Waals surface area contributed by atoms with E-state index in [0.29, 0.717) is 28.6 Å². The lowest BCUT2D eigenvalue weighted by atomic mass is 9.98. The molecule has 1 heterocycles. The molecule has 2 aromatic carbocycles. The Kier molecular flexibility index (Phi) is 4.86. The molecule has 3 rings (SSSR count). The molecule has 4 nitrogen and oxygen atoms in total. The van der Waals surface area contributed by atoms with Gasteiger partial charge in [0.15, 0.2) is 0 Å². The molecule has 0 unspecified atom stereocenters. The highest BCUT2D eigenvalue weighted by Gasteiger charge is 2.27. The van der Waals surface area contributed by atoms with Gasteiger partial charge in [-0.05, 0) is 48.6 Å². The maximum absolute atomic E-state index is 12.6. The highest BCUT2D eigenvalue weighted by Crippen LogP contribution is 2.25. The third-order valence-electron chi connectivity index (χ3n) is 4.40. The number of amides is 1. The number of carbonyl (C=O) groups excluding carboxylic acids is 1. The van der Waals surface area contributed by atoms with Crippen molar-refractivity contribution >= 4 is 23.5 Å². The normalized spacial score (nSPS) is 17.0. The molecule has 1 atom stereocenters. The Hall–Kier alpha value is -2.33. The summed E-state index contributed by atoms with van der Waals surface area (Å²) in [6, 6.07) is 14.1. The number of carboxylic acids is 1. The van der Waals surface area contributed by atoms with Gasteiger partial charge in [0, 0.05) is 13.1 Å². The molecule has 1 saturated heterocycles. The Bertz CT molecular complexity index is 757. The lowest BCUT2D eigenvalue weighted by Gasteiger charge is -2.17. The summed E-state index contributed by atoms with van der Waals surface area (Å²) in [5, 5.41) is 9.41. The van der Waals surface area contributed by atoms with Gasteiger partial charge in [0.2, 0.25) is 0 Å². The fourth-order valence-electron chi connectivity index (χ4n) is 3.11. The van der Waals surface area contributed by atoms with E-state index >= 15 is 0 Å². The van der Waals surface area contributed by atoms with E-state index in [1.807, 2.05) is 29.2 Å². The van der Waals surface area contributed by atoms with Gasteiger partial charge in [0.1, 0.15) is 0 Å². The van der Waals surface area contributed by atoms with Gasteiger partial charge in [-0.1, -0.05) is 35.9 Å². The molecule has 0 aromatic heterocycles. The number of hydrogen-bond donors (Lipinski definition) is 1. The molecule has 1 aliphatic heterocycles. The fraction of sp³-hybridized carbons (Fsp3) is 0.263. The molecule has 2 aromatic rings. The molecule has 0 saturated carbocycles. The van der Waals surface area contributed by atoms with Crippen LogP contribution in [-0.4, -0.2) is 35.0 Å². The molecular formula is C19H18ClNO3. The summed E-state index contributed by atoms with van der Waals surface area (Å²) in [7, 11) is 0. The van der Waals surface area contributed by atoms with E-state index in [1.165, 1.54) is 0 Å². The summed E-state index contributed by atoms with van der Waals surface area (Å²) in [6.45, 7) is 1.42. The van der Waals surface area contributed by atoms with Crippen LogP contribution >= 0.6 is 11.6 Å². The predicted octanol–water partition coefficient (Wildman–Crippen LogP) is 3.74. The zero-order chi connectivity index (χ0) is 17.1. The second-order valence-corrected chi connectivity index (χ2v) is 6.50. The first-order valence-electron chi connectivity index (χ1n) is 7.90. The Morgan fingerprint density at radius 3 is 2.50 bits per heavy atom. The highest BCUT2D eigenvalue weighted by atomic mass is 35.5. The van der Waals surface area contributed by atoms with Crippen molar-refractivity contribution in [1.82, 2.24) is 4.90 Å². The van der Waals surface area contributed by atoms with Gasteiger partial charge in [-0.2, -0.15) is 0 Å². The van der Waals surface area contributed by atoms with Crippen LogP contribution in [0.3, 0.4) is 0 Å². The SMILES string of the molecule is O=C(O)c1ccc(C[C@H]2CCN(C(=O)c3ccccc3Cl)C2)cc1. The monoisotopic (exact) mass is 343 g/mol. The highest BCUT2D eigenvalue weighted by molar-refractivity contribution is 6.33. The van der Waals surface area contributed by atoms with Gasteiger partial charge in [0.05, 0.1) is 16.1 Å². The molecule has 0 radical (unpaired) electrons. The maximum atomic E-state index is 12.6. The van der Waals surface area contributed by atoms with Crippen LogP contribution in [0.1, 0.15) is 32.7 Å². The number of carbonyl (C=O) groups is 2. The van der Waals surface area contributed by atoms with Crippen molar-refractivity contribution < 1.29 is 14.7 Å². The van der Waals surface area contributed by atoms with E-state index in [9.17, 15) is 9.59 Å². The van der Waals surface area contributed by atoms with Crippen molar-refractivity contribution in [1.29, 1.82) is 0 Å². The standard InChI is InChI=1S/C19H18ClNO3/c20-17-4-2-1-3-16(17)18(22)21-10-9-14(12-21)11-13-5-7-15(8-6-13)19(23)24/h1-8,14H,9-12H2,(H,23,24)/t14-/m1/s1. The third kappa shape index (κ3) is 3.60. The number of halogens is 1. The lowest BCUT2D eigenvalue weighted by molar-refractivity contribution is 0.0696. The summed E-state index contributed by atoms with van der Waals surface area (Å²) in [4.78, 5) is 25.3. The summed E-state index contributed by atoms with van der Waals surface area (Å²) in [5.41, 5.74) is 1.93. The third-order valence-corrected chi connectivity index (χ3v) is 4.73. The Balaban J connectivity index is 1.62. The smallest absolute Gasteiger partial charge is 0.335 e. The van der Waals surface area contributed by atoms with E-state index in [-0.39, 0.29) is 5.91 Å².